The van der Waals surface area contributed by atoms with Crippen LogP contribution in [0.1, 0.15) is 19.8 Å². The number of rotatable bonds is 9. The van der Waals surface area contributed by atoms with Crippen molar-refractivity contribution < 1.29 is 4.74 Å². The minimum absolute atomic E-state index is 0.814. The van der Waals surface area contributed by atoms with Crippen LogP contribution in [0.2, 0.25) is 0 Å². The molecule has 0 aliphatic heterocycles. The van der Waals surface area contributed by atoms with Crippen LogP contribution in [0.3, 0.4) is 0 Å². The van der Waals surface area contributed by atoms with Crippen molar-refractivity contribution >= 4 is 0 Å². The molecule has 0 amide bonds. The van der Waals surface area contributed by atoms with Gasteiger partial charge in [-0.2, -0.15) is 0 Å². The van der Waals surface area contributed by atoms with E-state index < -0.39 is 0 Å². The van der Waals surface area contributed by atoms with Crippen molar-refractivity contribution in [2.24, 2.45) is 0 Å². The molecule has 0 heterocycles. The predicted octanol–water partition coefficient (Wildman–Crippen LogP) is 0.954. The Morgan fingerprint density at radius 1 is 1.23 bits per heavy atom. The normalized spacial score (nSPS) is 11.1. The Hall–Kier alpha value is -0.120. The van der Waals surface area contributed by atoms with Gasteiger partial charge in [-0.15, -0.1) is 0 Å². The van der Waals surface area contributed by atoms with Gasteiger partial charge in [0.15, 0.2) is 0 Å². The quantitative estimate of drug-likeness (QED) is 0.545. The van der Waals surface area contributed by atoms with Gasteiger partial charge in [0.25, 0.3) is 0 Å². The molecule has 0 aromatic rings. The molecule has 0 atom stereocenters. The molecule has 0 spiro atoms. The summed E-state index contributed by atoms with van der Waals surface area (Å²) in [4.78, 5) is 2.34. The van der Waals surface area contributed by atoms with Crippen LogP contribution in [0.25, 0.3) is 0 Å². The number of hydrogen-bond acceptors (Lipinski definition) is 3. The van der Waals surface area contributed by atoms with Gasteiger partial charge in [-0.25, -0.2) is 0 Å². The summed E-state index contributed by atoms with van der Waals surface area (Å²) in [6.45, 7) is 7.45. The number of nitrogens with one attached hydrogen (secondary N) is 1. The van der Waals surface area contributed by atoms with Gasteiger partial charge in [0, 0.05) is 13.7 Å². The Morgan fingerprint density at radius 3 is 2.62 bits per heavy atom. The first-order valence-corrected chi connectivity index (χ1v) is 5.19. The van der Waals surface area contributed by atoms with E-state index in [9.17, 15) is 0 Å². The molecule has 0 fully saturated rings. The van der Waals surface area contributed by atoms with Gasteiger partial charge >= 0.3 is 0 Å². The van der Waals surface area contributed by atoms with Crippen LogP contribution in [0.5, 0.6) is 0 Å². The molecular formula is C10H24N2O. The summed E-state index contributed by atoms with van der Waals surface area (Å²) in [6, 6.07) is 0. The molecule has 0 bridgehead atoms. The average Bonchev–Trinajstić information content (AvgIpc) is 2.16. The highest BCUT2D eigenvalue weighted by Crippen LogP contribution is 1.90. The lowest BCUT2D eigenvalue weighted by Gasteiger charge is -2.13. The minimum Gasteiger partial charge on any atom is -0.383 e. The second-order valence-electron chi connectivity index (χ2n) is 3.35. The zero-order valence-corrected chi connectivity index (χ0v) is 9.31. The number of hydrogen-bond donors (Lipinski definition) is 1. The highest BCUT2D eigenvalue weighted by molar-refractivity contribution is 4.51. The van der Waals surface area contributed by atoms with Gasteiger partial charge < -0.3 is 15.0 Å². The van der Waals surface area contributed by atoms with Gasteiger partial charge in [-0.1, -0.05) is 6.92 Å². The molecule has 0 saturated carbocycles. The van der Waals surface area contributed by atoms with Crippen LogP contribution in [-0.2, 0) is 4.74 Å². The number of ether oxygens (including phenoxy) is 1. The molecule has 1 N–H and O–H groups in total. The molecule has 80 valence electrons. The van der Waals surface area contributed by atoms with E-state index in [1.165, 1.54) is 19.4 Å². The third-order valence-electron chi connectivity index (χ3n) is 2.17. The lowest BCUT2D eigenvalue weighted by Crippen LogP contribution is -2.23. The van der Waals surface area contributed by atoms with E-state index in [1.807, 2.05) is 0 Å². The Balaban J connectivity index is 2.91. The summed E-state index contributed by atoms with van der Waals surface area (Å²) in [5.41, 5.74) is 0. The third-order valence-corrected chi connectivity index (χ3v) is 2.17. The van der Waals surface area contributed by atoms with E-state index in [1.54, 1.807) is 7.11 Å². The maximum atomic E-state index is 4.93. The first kappa shape index (κ1) is 12.9. The topological polar surface area (TPSA) is 24.5 Å². The second-order valence-corrected chi connectivity index (χ2v) is 3.35. The number of methoxy groups -OCH3 is 1. The summed E-state index contributed by atoms with van der Waals surface area (Å²) in [7, 11) is 3.90. The Morgan fingerprint density at radius 2 is 2.00 bits per heavy atom. The lowest BCUT2D eigenvalue weighted by atomic mass is 10.3. The van der Waals surface area contributed by atoms with E-state index >= 15 is 0 Å². The molecule has 0 aromatic carbocycles. The third kappa shape index (κ3) is 9.80. The largest absolute Gasteiger partial charge is 0.383 e. The van der Waals surface area contributed by atoms with Gasteiger partial charge in [-0.3, -0.25) is 0 Å². The van der Waals surface area contributed by atoms with Gasteiger partial charge in [0.1, 0.15) is 0 Å². The molecule has 0 aliphatic carbocycles. The van der Waals surface area contributed by atoms with Gasteiger partial charge in [0.2, 0.25) is 0 Å². The SMILES string of the molecule is CCN(C)CCCCNCCOC. The summed E-state index contributed by atoms with van der Waals surface area (Å²) < 4.78 is 4.93. The van der Waals surface area contributed by atoms with Crippen LogP contribution in [-0.4, -0.2) is 51.8 Å². The van der Waals surface area contributed by atoms with E-state index in [0.29, 0.717) is 0 Å². The fourth-order valence-electron chi connectivity index (χ4n) is 1.09. The monoisotopic (exact) mass is 188 g/mol. The van der Waals surface area contributed by atoms with E-state index in [0.717, 1.165) is 26.2 Å². The molecule has 13 heavy (non-hydrogen) atoms. The van der Waals surface area contributed by atoms with Crippen LogP contribution in [0, 0.1) is 0 Å². The zero-order chi connectivity index (χ0) is 9.94. The van der Waals surface area contributed by atoms with Crippen molar-refractivity contribution in [3.8, 4) is 0 Å². The Labute approximate surface area is 82.4 Å². The standard InChI is InChI=1S/C10H24N2O/c1-4-12(2)9-6-5-7-11-8-10-13-3/h11H,4-10H2,1-3H3. The Bertz CT molecular complexity index is 98.9. The smallest absolute Gasteiger partial charge is 0.0587 e. The maximum absolute atomic E-state index is 4.93. The molecule has 0 saturated heterocycles. The number of unbranched alkanes of at least 4 members (excludes halogenated alkanes) is 1. The van der Waals surface area contributed by atoms with Crippen molar-refractivity contribution in [3.63, 3.8) is 0 Å². The minimum atomic E-state index is 0.814. The van der Waals surface area contributed by atoms with E-state index in [4.69, 9.17) is 4.74 Å². The summed E-state index contributed by atoms with van der Waals surface area (Å²) in [5.74, 6) is 0. The van der Waals surface area contributed by atoms with Crippen molar-refractivity contribution in [2.45, 2.75) is 19.8 Å². The predicted molar refractivity (Wildman–Crippen MR) is 57.2 cm³/mol. The molecule has 3 heteroatoms. The number of nitrogens with zero attached hydrogens (tertiary/aromatic N) is 1. The Kier molecular flexibility index (Phi) is 9.87. The fraction of sp³-hybridized carbons (Fsp3) is 1.00. The molecular weight excluding hydrogens is 164 g/mol. The van der Waals surface area contributed by atoms with Crippen molar-refractivity contribution in [2.75, 3.05) is 46.9 Å². The highest BCUT2D eigenvalue weighted by Gasteiger charge is 1.93. The molecule has 0 unspecified atom stereocenters. The highest BCUT2D eigenvalue weighted by atomic mass is 16.5. The first-order chi connectivity index (χ1) is 6.31. The average molecular weight is 188 g/mol. The summed E-state index contributed by atoms with van der Waals surface area (Å²) >= 11 is 0. The molecule has 0 rings (SSSR count). The van der Waals surface area contributed by atoms with E-state index in [-0.39, 0.29) is 0 Å². The van der Waals surface area contributed by atoms with Crippen LogP contribution >= 0.6 is 0 Å². The van der Waals surface area contributed by atoms with Gasteiger partial charge in [-0.05, 0) is 39.5 Å². The molecule has 0 radical (unpaired) electrons. The summed E-state index contributed by atoms with van der Waals surface area (Å²) in [6.07, 6.45) is 2.54. The van der Waals surface area contributed by atoms with Crippen LogP contribution in [0.15, 0.2) is 0 Å². The maximum Gasteiger partial charge on any atom is 0.0587 e. The molecule has 0 aromatic heterocycles. The first-order valence-electron chi connectivity index (χ1n) is 5.19. The molecule has 3 nitrogen and oxygen atoms in total. The zero-order valence-electron chi connectivity index (χ0n) is 9.31. The van der Waals surface area contributed by atoms with Crippen molar-refractivity contribution in [3.05, 3.63) is 0 Å². The fourth-order valence-corrected chi connectivity index (χ4v) is 1.09. The lowest BCUT2D eigenvalue weighted by molar-refractivity contribution is 0.199. The molecule has 0 aliphatic rings. The van der Waals surface area contributed by atoms with E-state index in [2.05, 4.69) is 24.2 Å². The van der Waals surface area contributed by atoms with Crippen LogP contribution in [0.4, 0.5) is 0 Å². The van der Waals surface area contributed by atoms with Gasteiger partial charge in [0.05, 0.1) is 6.61 Å². The second kappa shape index (κ2) is 9.96. The van der Waals surface area contributed by atoms with Crippen molar-refractivity contribution in [1.82, 2.24) is 10.2 Å². The summed E-state index contributed by atoms with van der Waals surface area (Å²) in [5, 5.41) is 3.33. The van der Waals surface area contributed by atoms with Crippen LogP contribution < -0.4 is 5.32 Å². The van der Waals surface area contributed by atoms with Crippen molar-refractivity contribution in [1.29, 1.82) is 0 Å².